The third kappa shape index (κ3) is 3.28. The first kappa shape index (κ1) is 15.3. The molecular weight excluding hydrogens is 292 g/mol. The van der Waals surface area contributed by atoms with E-state index in [1.807, 2.05) is 30.3 Å². The highest BCUT2D eigenvalue weighted by Crippen LogP contribution is 2.22. The molecule has 1 aliphatic rings. The fourth-order valence-corrected chi connectivity index (χ4v) is 3.00. The van der Waals surface area contributed by atoms with Crippen LogP contribution in [0, 0.1) is 0 Å². The lowest BCUT2D eigenvalue weighted by molar-refractivity contribution is -0.134. The Balaban J connectivity index is 1.69. The highest BCUT2D eigenvalue weighted by atomic mass is 16.3. The Morgan fingerprint density at radius 3 is 2.70 bits per heavy atom. The van der Waals surface area contributed by atoms with Gasteiger partial charge in [-0.1, -0.05) is 30.3 Å². The van der Waals surface area contributed by atoms with Crippen molar-refractivity contribution in [3.8, 4) is 0 Å². The van der Waals surface area contributed by atoms with Gasteiger partial charge in [0.2, 0.25) is 5.91 Å². The Morgan fingerprint density at radius 1 is 1.22 bits per heavy atom. The lowest BCUT2D eigenvalue weighted by atomic mass is 10.1. The molecule has 0 unspecified atom stereocenters. The number of amides is 2. The molecular formula is C18H20N2O3. The molecule has 5 heteroatoms. The Labute approximate surface area is 135 Å². The van der Waals surface area contributed by atoms with E-state index in [2.05, 4.69) is 0 Å². The summed E-state index contributed by atoms with van der Waals surface area (Å²) in [6.07, 6.45) is 3.01. The number of benzene rings is 1. The van der Waals surface area contributed by atoms with Crippen molar-refractivity contribution in [1.29, 1.82) is 0 Å². The van der Waals surface area contributed by atoms with Crippen LogP contribution in [0.15, 0.2) is 53.1 Å². The zero-order chi connectivity index (χ0) is 16.2. The van der Waals surface area contributed by atoms with Crippen molar-refractivity contribution < 1.29 is 14.0 Å². The predicted molar refractivity (Wildman–Crippen MR) is 85.7 cm³/mol. The van der Waals surface area contributed by atoms with Crippen LogP contribution in [-0.4, -0.2) is 41.2 Å². The highest BCUT2D eigenvalue weighted by molar-refractivity contribution is 5.95. The number of carbonyl (C=O) groups excluding carboxylic acids is 2. The summed E-state index contributed by atoms with van der Waals surface area (Å²) in [7, 11) is 1.78. The summed E-state index contributed by atoms with van der Waals surface area (Å²) < 4.78 is 5.18. The predicted octanol–water partition coefficient (Wildman–Crippen LogP) is 2.54. The zero-order valence-electron chi connectivity index (χ0n) is 13.1. The molecule has 0 N–H and O–H groups in total. The van der Waals surface area contributed by atoms with E-state index in [0.29, 0.717) is 19.5 Å². The van der Waals surface area contributed by atoms with E-state index in [1.165, 1.54) is 6.26 Å². The molecule has 1 aromatic heterocycles. The van der Waals surface area contributed by atoms with Gasteiger partial charge in [-0.15, -0.1) is 0 Å². The number of likely N-dealkylation sites (N-methyl/N-ethyl adjacent to an activating group) is 1. The molecule has 5 nitrogen and oxygen atoms in total. The quantitative estimate of drug-likeness (QED) is 0.872. The second kappa shape index (κ2) is 6.69. The summed E-state index contributed by atoms with van der Waals surface area (Å²) in [5.74, 6) is 0.0561. The fourth-order valence-electron chi connectivity index (χ4n) is 3.00. The van der Waals surface area contributed by atoms with Crippen LogP contribution in [0.1, 0.15) is 29.0 Å². The van der Waals surface area contributed by atoms with Gasteiger partial charge in [-0.25, -0.2) is 0 Å². The van der Waals surface area contributed by atoms with E-state index in [9.17, 15) is 9.59 Å². The van der Waals surface area contributed by atoms with E-state index in [-0.39, 0.29) is 17.6 Å². The second-order valence-electron chi connectivity index (χ2n) is 5.81. The van der Waals surface area contributed by atoms with Crippen molar-refractivity contribution in [3.05, 3.63) is 60.1 Å². The summed E-state index contributed by atoms with van der Waals surface area (Å²) in [6, 6.07) is 12.8. The van der Waals surface area contributed by atoms with Gasteiger partial charge in [-0.2, -0.15) is 0 Å². The molecule has 0 saturated carbocycles. The van der Waals surface area contributed by atoms with E-state index in [4.69, 9.17) is 4.42 Å². The molecule has 23 heavy (non-hydrogen) atoms. The number of nitrogens with zero attached hydrogens (tertiary/aromatic N) is 2. The van der Waals surface area contributed by atoms with Gasteiger partial charge in [0.05, 0.1) is 6.26 Å². The van der Waals surface area contributed by atoms with Crippen molar-refractivity contribution in [2.75, 3.05) is 13.6 Å². The van der Waals surface area contributed by atoms with Crippen LogP contribution in [0.3, 0.4) is 0 Å². The minimum Gasteiger partial charge on any atom is -0.459 e. The zero-order valence-corrected chi connectivity index (χ0v) is 13.1. The standard InChI is InChI=1S/C18H20N2O3/c1-19(13-14-7-3-2-4-8-14)17(21)15-9-5-11-20(15)18(22)16-10-6-12-23-16/h2-4,6-8,10,12,15H,5,9,11,13H2,1H3/t15-/m1/s1. The van der Waals surface area contributed by atoms with Gasteiger partial charge >= 0.3 is 0 Å². The van der Waals surface area contributed by atoms with Gasteiger partial charge < -0.3 is 14.2 Å². The van der Waals surface area contributed by atoms with E-state index in [1.54, 1.807) is 29.0 Å². The molecule has 1 aliphatic heterocycles. The minimum absolute atomic E-state index is 0.0220. The van der Waals surface area contributed by atoms with Crippen molar-refractivity contribution in [3.63, 3.8) is 0 Å². The topological polar surface area (TPSA) is 53.8 Å². The molecule has 1 saturated heterocycles. The van der Waals surface area contributed by atoms with Crippen LogP contribution in [0.25, 0.3) is 0 Å². The molecule has 1 aromatic carbocycles. The van der Waals surface area contributed by atoms with Crippen LogP contribution >= 0.6 is 0 Å². The summed E-state index contributed by atoms with van der Waals surface area (Å²) in [6.45, 7) is 1.13. The lowest BCUT2D eigenvalue weighted by Crippen LogP contribution is -2.46. The Kier molecular flexibility index (Phi) is 4.46. The number of rotatable bonds is 4. The monoisotopic (exact) mass is 312 g/mol. The van der Waals surface area contributed by atoms with Gasteiger partial charge in [0.25, 0.3) is 5.91 Å². The smallest absolute Gasteiger partial charge is 0.290 e. The van der Waals surface area contributed by atoms with Gasteiger partial charge in [0, 0.05) is 20.1 Å². The van der Waals surface area contributed by atoms with Gasteiger partial charge in [-0.05, 0) is 30.5 Å². The molecule has 0 bridgehead atoms. The van der Waals surface area contributed by atoms with Crippen LogP contribution in [0.5, 0.6) is 0 Å². The Bertz CT molecular complexity index is 667. The average molecular weight is 312 g/mol. The third-order valence-electron chi connectivity index (χ3n) is 4.17. The average Bonchev–Trinajstić information content (AvgIpc) is 3.26. The lowest BCUT2D eigenvalue weighted by Gasteiger charge is -2.27. The van der Waals surface area contributed by atoms with Crippen molar-refractivity contribution in [1.82, 2.24) is 9.80 Å². The summed E-state index contributed by atoms with van der Waals surface area (Å²) in [5, 5.41) is 0. The van der Waals surface area contributed by atoms with Crippen molar-refractivity contribution >= 4 is 11.8 Å². The van der Waals surface area contributed by atoms with Crippen molar-refractivity contribution in [2.45, 2.75) is 25.4 Å². The molecule has 1 atom stereocenters. The van der Waals surface area contributed by atoms with Crippen molar-refractivity contribution in [2.24, 2.45) is 0 Å². The van der Waals surface area contributed by atoms with Crippen LogP contribution in [0.4, 0.5) is 0 Å². The van der Waals surface area contributed by atoms with Crippen LogP contribution < -0.4 is 0 Å². The molecule has 0 spiro atoms. The van der Waals surface area contributed by atoms with Gasteiger partial charge in [0.15, 0.2) is 5.76 Å². The highest BCUT2D eigenvalue weighted by Gasteiger charge is 2.36. The molecule has 2 aromatic rings. The van der Waals surface area contributed by atoms with E-state index >= 15 is 0 Å². The molecule has 120 valence electrons. The number of hydrogen-bond donors (Lipinski definition) is 0. The normalized spacial score (nSPS) is 17.3. The Morgan fingerprint density at radius 2 is 2.00 bits per heavy atom. The SMILES string of the molecule is CN(Cc1ccccc1)C(=O)[C@H]1CCCN1C(=O)c1ccco1. The molecule has 0 aliphatic carbocycles. The van der Waals surface area contributed by atoms with Crippen LogP contribution in [0.2, 0.25) is 0 Å². The van der Waals surface area contributed by atoms with Gasteiger partial charge in [0.1, 0.15) is 6.04 Å². The maximum Gasteiger partial charge on any atom is 0.290 e. The molecule has 2 amide bonds. The fraction of sp³-hybridized carbons (Fsp3) is 0.333. The maximum atomic E-state index is 12.7. The largest absolute Gasteiger partial charge is 0.459 e. The molecule has 0 radical (unpaired) electrons. The first-order chi connectivity index (χ1) is 11.2. The first-order valence-corrected chi connectivity index (χ1v) is 7.80. The third-order valence-corrected chi connectivity index (χ3v) is 4.17. The number of furan rings is 1. The number of carbonyl (C=O) groups is 2. The molecule has 3 rings (SSSR count). The molecule has 1 fully saturated rings. The maximum absolute atomic E-state index is 12.7. The second-order valence-corrected chi connectivity index (χ2v) is 5.81. The van der Waals surface area contributed by atoms with Crippen LogP contribution in [-0.2, 0) is 11.3 Å². The summed E-state index contributed by atoms with van der Waals surface area (Å²) >= 11 is 0. The van der Waals surface area contributed by atoms with E-state index < -0.39 is 6.04 Å². The number of likely N-dealkylation sites (tertiary alicyclic amines) is 1. The minimum atomic E-state index is -0.402. The summed E-state index contributed by atoms with van der Waals surface area (Å²) in [4.78, 5) is 28.5. The van der Waals surface area contributed by atoms with E-state index in [0.717, 1.165) is 12.0 Å². The van der Waals surface area contributed by atoms with Gasteiger partial charge in [-0.3, -0.25) is 9.59 Å². The first-order valence-electron chi connectivity index (χ1n) is 7.80. The summed E-state index contributed by atoms with van der Waals surface area (Å²) in [5.41, 5.74) is 1.07. The molecule has 2 heterocycles. The number of hydrogen-bond acceptors (Lipinski definition) is 3. The Hall–Kier alpha value is -2.56.